The lowest BCUT2D eigenvalue weighted by Gasteiger charge is -2.25. The number of aromatic nitrogens is 1. The predicted molar refractivity (Wildman–Crippen MR) is 74.3 cm³/mol. The van der Waals surface area contributed by atoms with E-state index in [1.54, 1.807) is 6.20 Å². The quantitative estimate of drug-likeness (QED) is 0.831. The molecule has 2 fully saturated rings. The molecule has 1 aromatic heterocycles. The Morgan fingerprint density at radius 1 is 1.43 bits per heavy atom. The molecule has 0 bridgehead atoms. The van der Waals surface area contributed by atoms with E-state index in [9.17, 15) is 4.79 Å². The third-order valence-corrected chi connectivity index (χ3v) is 4.92. The van der Waals surface area contributed by atoms with E-state index < -0.39 is 0 Å². The molecule has 0 N–H and O–H groups in total. The lowest BCUT2D eigenvalue weighted by molar-refractivity contribution is -0.138. The molecule has 0 unspecified atom stereocenters. The summed E-state index contributed by atoms with van der Waals surface area (Å²) in [4.78, 5) is 18.9. The summed E-state index contributed by atoms with van der Waals surface area (Å²) < 4.78 is 5.70. The van der Waals surface area contributed by atoms with Gasteiger partial charge in [0, 0.05) is 18.0 Å². The van der Waals surface area contributed by atoms with E-state index in [0.717, 1.165) is 18.4 Å². The smallest absolute Gasteiger partial charge is 0.229 e. The minimum absolute atomic E-state index is 0.0647. The molecule has 2 heterocycles. The number of nitriles is 1. The minimum atomic E-state index is -0.0647. The fourth-order valence-electron chi connectivity index (χ4n) is 3.45. The van der Waals surface area contributed by atoms with Crippen molar-refractivity contribution in [2.24, 2.45) is 11.3 Å². The Balaban J connectivity index is 1.61. The Labute approximate surface area is 123 Å². The average Bonchev–Trinajstić information content (AvgIpc) is 3.38. The van der Waals surface area contributed by atoms with E-state index in [0.29, 0.717) is 36.9 Å². The van der Waals surface area contributed by atoms with Crippen molar-refractivity contribution in [1.82, 2.24) is 9.88 Å². The molecule has 1 aromatic rings. The zero-order chi connectivity index (χ0) is 14.4. The van der Waals surface area contributed by atoms with Crippen LogP contribution in [0.25, 0.3) is 0 Å². The first-order chi connectivity index (χ1) is 10.2. The summed E-state index contributed by atoms with van der Waals surface area (Å²) in [5.74, 6) is 1.49. The second kappa shape index (κ2) is 4.45. The monoisotopic (exact) mass is 283 g/mol. The summed E-state index contributed by atoms with van der Waals surface area (Å²) in [6.07, 6.45) is 7.70. The summed E-state index contributed by atoms with van der Waals surface area (Å²) in [5, 5.41) is 9.13. The number of nitrogens with zero attached hydrogens (tertiary/aromatic N) is 3. The number of hydrogen-bond donors (Lipinski definition) is 0. The SMILES string of the molecule is N#Cc1cncc2c1OCCN(C(=O)C1(C3CC3)CC1)C2. The van der Waals surface area contributed by atoms with E-state index >= 15 is 0 Å². The van der Waals surface area contributed by atoms with Crippen LogP contribution in [-0.4, -0.2) is 28.9 Å². The standard InChI is InChI=1S/C16H17N3O2/c17-7-11-8-18-9-12-10-19(5-6-21-14(11)12)15(20)16(3-4-16)13-1-2-13/h8-9,13H,1-6,10H2. The van der Waals surface area contributed by atoms with E-state index in [4.69, 9.17) is 10.00 Å². The number of hydrogen-bond acceptors (Lipinski definition) is 4. The molecule has 5 nitrogen and oxygen atoms in total. The molecule has 0 radical (unpaired) electrons. The topological polar surface area (TPSA) is 66.2 Å². The molecular formula is C16H17N3O2. The molecule has 2 saturated carbocycles. The van der Waals surface area contributed by atoms with Gasteiger partial charge in [0.15, 0.2) is 0 Å². The van der Waals surface area contributed by atoms with Gasteiger partial charge in [-0.2, -0.15) is 5.26 Å². The van der Waals surface area contributed by atoms with Crippen LogP contribution in [0.2, 0.25) is 0 Å². The number of carbonyl (C=O) groups is 1. The number of pyridine rings is 1. The fraction of sp³-hybridized carbons (Fsp3) is 0.562. The van der Waals surface area contributed by atoms with E-state index in [1.807, 2.05) is 4.90 Å². The normalized spacial score (nSPS) is 22.5. The molecule has 5 heteroatoms. The molecular weight excluding hydrogens is 266 g/mol. The van der Waals surface area contributed by atoms with Crippen LogP contribution < -0.4 is 4.74 Å². The largest absolute Gasteiger partial charge is 0.490 e. The van der Waals surface area contributed by atoms with Crippen LogP contribution in [-0.2, 0) is 11.3 Å². The molecule has 21 heavy (non-hydrogen) atoms. The second-order valence-electron chi connectivity index (χ2n) is 6.29. The van der Waals surface area contributed by atoms with Gasteiger partial charge in [-0.15, -0.1) is 0 Å². The lowest BCUT2D eigenvalue weighted by atomic mass is 9.98. The number of ether oxygens (including phenoxy) is 1. The van der Waals surface area contributed by atoms with E-state index in [2.05, 4.69) is 11.1 Å². The third kappa shape index (κ3) is 1.98. The van der Waals surface area contributed by atoms with Crippen LogP contribution in [0.4, 0.5) is 0 Å². The highest BCUT2D eigenvalue weighted by Gasteiger charge is 2.60. The van der Waals surface area contributed by atoms with Gasteiger partial charge in [0.1, 0.15) is 24.0 Å². The third-order valence-electron chi connectivity index (χ3n) is 4.92. The average molecular weight is 283 g/mol. The van der Waals surface area contributed by atoms with Crippen molar-refractivity contribution >= 4 is 5.91 Å². The van der Waals surface area contributed by atoms with Gasteiger partial charge in [0.25, 0.3) is 0 Å². The molecule has 108 valence electrons. The zero-order valence-electron chi connectivity index (χ0n) is 11.8. The molecule has 0 aromatic carbocycles. The van der Waals surface area contributed by atoms with E-state index in [1.165, 1.54) is 19.0 Å². The Bertz CT molecular complexity index is 641. The predicted octanol–water partition coefficient (Wildman–Crippen LogP) is 1.86. The zero-order valence-corrected chi connectivity index (χ0v) is 11.8. The molecule has 4 rings (SSSR count). The van der Waals surface area contributed by atoms with Gasteiger partial charge in [-0.05, 0) is 31.6 Å². The van der Waals surface area contributed by atoms with Crippen LogP contribution in [0.15, 0.2) is 12.4 Å². The first-order valence-corrected chi connectivity index (χ1v) is 7.54. The van der Waals surface area contributed by atoms with Crippen LogP contribution in [0, 0.1) is 22.7 Å². The molecule has 1 aliphatic heterocycles. The van der Waals surface area contributed by atoms with Gasteiger partial charge in [-0.1, -0.05) is 0 Å². The highest BCUT2D eigenvalue weighted by Crippen LogP contribution is 2.62. The molecule has 0 spiro atoms. The Hall–Kier alpha value is -2.09. The van der Waals surface area contributed by atoms with Gasteiger partial charge < -0.3 is 9.64 Å². The maximum Gasteiger partial charge on any atom is 0.229 e. The van der Waals surface area contributed by atoms with Crippen LogP contribution in [0.1, 0.15) is 36.8 Å². The van der Waals surface area contributed by atoms with E-state index in [-0.39, 0.29) is 11.3 Å². The Morgan fingerprint density at radius 2 is 2.24 bits per heavy atom. The van der Waals surface area contributed by atoms with Crippen LogP contribution in [0.5, 0.6) is 5.75 Å². The van der Waals surface area contributed by atoms with Gasteiger partial charge >= 0.3 is 0 Å². The summed E-state index contributed by atoms with van der Waals surface area (Å²) in [7, 11) is 0. The number of amides is 1. The number of carbonyl (C=O) groups excluding carboxylic acids is 1. The van der Waals surface area contributed by atoms with Crippen LogP contribution >= 0.6 is 0 Å². The van der Waals surface area contributed by atoms with Gasteiger partial charge in [0.05, 0.1) is 18.5 Å². The second-order valence-corrected chi connectivity index (χ2v) is 6.29. The van der Waals surface area contributed by atoms with Crippen molar-refractivity contribution in [3.63, 3.8) is 0 Å². The minimum Gasteiger partial charge on any atom is -0.490 e. The fourth-order valence-corrected chi connectivity index (χ4v) is 3.45. The molecule has 1 amide bonds. The first kappa shape index (κ1) is 12.6. The van der Waals surface area contributed by atoms with Gasteiger partial charge in [-0.25, -0.2) is 0 Å². The summed E-state index contributed by atoms with van der Waals surface area (Å²) >= 11 is 0. The van der Waals surface area contributed by atoms with Crippen molar-refractivity contribution in [2.45, 2.75) is 32.2 Å². The maximum atomic E-state index is 12.9. The van der Waals surface area contributed by atoms with Gasteiger partial charge in [0.2, 0.25) is 5.91 Å². The summed E-state index contributed by atoms with van der Waals surface area (Å²) in [6.45, 7) is 1.54. The Kier molecular flexibility index (Phi) is 2.68. The number of fused-ring (bicyclic) bond motifs is 1. The van der Waals surface area contributed by atoms with Crippen molar-refractivity contribution in [3.05, 3.63) is 23.5 Å². The van der Waals surface area contributed by atoms with Crippen molar-refractivity contribution in [2.75, 3.05) is 13.2 Å². The van der Waals surface area contributed by atoms with Crippen molar-refractivity contribution < 1.29 is 9.53 Å². The summed E-state index contributed by atoms with van der Waals surface area (Å²) in [6, 6.07) is 2.11. The first-order valence-electron chi connectivity index (χ1n) is 7.54. The lowest BCUT2D eigenvalue weighted by Crippen LogP contribution is -2.39. The van der Waals surface area contributed by atoms with Crippen molar-refractivity contribution in [1.29, 1.82) is 5.26 Å². The molecule has 0 saturated heterocycles. The Morgan fingerprint density at radius 3 is 2.90 bits per heavy atom. The number of rotatable bonds is 2. The summed E-state index contributed by atoms with van der Waals surface area (Å²) in [5.41, 5.74) is 1.22. The van der Waals surface area contributed by atoms with Crippen LogP contribution in [0.3, 0.4) is 0 Å². The highest BCUT2D eigenvalue weighted by atomic mass is 16.5. The maximum absolute atomic E-state index is 12.9. The van der Waals surface area contributed by atoms with Gasteiger partial charge in [-0.3, -0.25) is 9.78 Å². The van der Waals surface area contributed by atoms with Crippen molar-refractivity contribution in [3.8, 4) is 11.8 Å². The molecule has 2 aliphatic carbocycles. The molecule has 3 aliphatic rings. The highest BCUT2D eigenvalue weighted by molar-refractivity contribution is 5.86. The molecule has 0 atom stereocenters.